The van der Waals surface area contributed by atoms with E-state index in [0.717, 1.165) is 19.5 Å². The lowest BCUT2D eigenvalue weighted by Gasteiger charge is -2.24. The Morgan fingerprint density at radius 2 is 2.23 bits per heavy atom. The van der Waals surface area contributed by atoms with Crippen LogP contribution in [0.3, 0.4) is 0 Å². The zero-order valence-corrected chi connectivity index (χ0v) is 8.71. The van der Waals surface area contributed by atoms with Gasteiger partial charge in [0.1, 0.15) is 0 Å². The first-order valence-corrected chi connectivity index (χ1v) is 4.89. The van der Waals surface area contributed by atoms with E-state index in [2.05, 4.69) is 25.7 Å². The normalized spacial score (nSPS) is 29.8. The summed E-state index contributed by atoms with van der Waals surface area (Å²) in [7, 11) is 0. The number of carboxylic acids is 1. The van der Waals surface area contributed by atoms with E-state index in [9.17, 15) is 4.79 Å². The average Bonchev–Trinajstić information content (AvgIpc) is 2.29. The summed E-state index contributed by atoms with van der Waals surface area (Å²) in [4.78, 5) is 13.0. The molecule has 1 fully saturated rings. The van der Waals surface area contributed by atoms with Crippen molar-refractivity contribution in [3.05, 3.63) is 0 Å². The molecule has 0 spiro atoms. The highest BCUT2D eigenvalue weighted by molar-refractivity contribution is 5.67. The molecule has 1 rings (SSSR count). The molecule has 13 heavy (non-hydrogen) atoms. The van der Waals surface area contributed by atoms with Gasteiger partial charge >= 0.3 is 5.97 Å². The predicted octanol–water partition coefficient (Wildman–Crippen LogP) is 1.58. The Morgan fingerprint density at radius 3 is 2.62 bits per heavy atom. The van der Waals surface area contributed by atoms with Crippen molar-refractivity contribution in [2.75, 3.05) is 13.1 Å². The zero-order valence-electron chi connectivity index (χ0n) is 8.71. The molecule has 0 aliphatic carbocycles. The van der Waals surface area contributed by atoms with E-state index >= 15 is 0 Å². The second-order valence-corrected chi connectivity index (χ2v) is 4.70. The van der Waals surface area contributed by atoms with Crippen molar-refractivity contribution in [1.29, 1.82) is 0 Å². The quantitative estimate of drug-likeness (QED) is 0.725. The minimum atomic E-state index is -0.673. The first kappa shape index (κ1) is 10.5. The molecule has 0 saturated carbocycles. The van der Waals surface area contributed by atoms with Crippen molar-refractivity contribution in [2.45, 2.75) is 39.7 Å². The van der Waals surface area contributed by atoms with Gasteiger partial charge < -0.3 is 10.0 Å². The van der Waals surface area contributed by atoms with Crippen LogP contribution in [-0.4, -0.2) is 35.1 Å². The second kappa shape index (κ2) is 3.66. The number of carbonyl (C=O) groups is 1. The van der Waals surface area contributed by atoms with Crippen LogP contribution in [0.1, 0.15) is 33.6 Å². The highest BCUT2D eigenvalue weighted by atomic mass is 16.4. The summed E-state index contributed by atoms with van der Waals surface area (Å²) in [6, 6.07) is 0.538. The highest BCUT2D eigenvalue weighted by Gasteiger charge is 2.36. The Morgan fingerprint density at radius 1 is 1.62 bits per heavy atom. The molecule has 0 radical (unpaired) electrons. The van der Waals surface area contributed by atoms with Crippen molar-refractivity contribution < 1.29 is 9.90 Å². The maximum absolute atomic E-state index is 10.6. The molecule has 3 nitrogen and oxygen atoms in total. The number of carboxylic acid groups (broad SMARTS) is 1. The lowest BCUT2D eigenvalue weighted by atomic mass is 9.86. The van der Waals surface area contributed by atoms with Gasteiger partial charge in [0.2, 0.25) is 0 Å². The molecular formula is C10H19NO2. The Bertz CT molecular complexity index is 203. The third-order valence-electron chi connectivity index (χ3n) is 2.90. The molecule has 0 amide bonds. The molecule has 0 aromatic rings. The molecule has 76 valence electrons. The van der Waals surface area contributed by atoms with Gasteiger partial charge in [0.25, 0.3) is 0 Å². The van der Waals surface area contributed by atoms with Gasteiger partial charge in [0.15, 0.2) is 0 Å². The standard InChI is InChI=1S/C10H19NO2/c1-8(2)11-5-4-10(3,7-11)6-9(12)13/h8H,4-7H2,1-3H3,(H,12,13). The monoisotopic (exact) mass is 185 g/mol. The number of hydrogen-bond donors (Lipinski definition) is 1. The van der Waals surface area contributed by atoms with Crippen molar-refractivity contribution in [3.63, 3.8) is 0 Å². The van der Waals surface area contributed by atoms with Gasteiger partial charge in [-0.15, -0.1) is 0 Å². The minimum absolute atomic E-state index is 0.00387. The van der Waals surface area contributed by atoms with Gasteiger partial charge in [0.05, 0.1) is 6.42 Å². The molecule has 0 bridgehead atoms. The first-order valence-electron chi connectivity index (χ1n) is 4.89. The van der Waals surface area contributed by atoms with Crippen LogP contribution < -0.4 is 0 Å². The van der Waals surface area contributed by atoms with E-state index in [-0.39, 0.29) is 5.41 Å². The van der Waals surface area contributed by atoms with E-state index < -0.39 is 5.97 Å². The molecule has 1 aliphatic heterocycles. The molecule has 1 saturated heterocycles. The van der Waals surface area contributed by atoms with Gasteiger partial charge in [-0.2, -0.15) is 0 Å². The Labute approximate surface area is 79.7 Å². The van der Waals surface area contributed by atoms with Crippen LogP contribution in [0.2, 0.25) is 0 Å². The summed E-state index contributed by atoms with van der Waals surface area (Å²) in [5, 5.41) is 8.75. The summed E-state index contributed by atoms with van der Waals surface area (Å²) in [6.45, 7) is 8.36. The third-order valence-corrected chi connectivity index (χ3v) is 2.90. The summed E-state index contributed by atoms with van der Waals surface area (Å²) in [6.07, 6.45) is 1.31. The van der Waals surface area contributed by atoms with Crippen LogP contribution in [0.5, 0.6) is 0 Å². The van der Waals surface area contributed by atoms with Crippen molar-refractivity contribution in [1.82, 2.24) is 4.90 Å². The van der Waals surface area contributed by atoms with Gasteiger partial charge in [-0.25, -0.2) is 0 Å². The zero-order chi connectivity index (χ0) is 10.1. The SMILES string of the molecule is CC(C)N1CCC(C)(CC(=O)O)C1. The van der Waals surface area contributed by atoms with E-state index in [1.165, 1.54) is 0 Å². The van der Waals surface area contributed by atoms with Crippen LogP contribution in [-0.2, 0) is 4.79 Å². The molecule has 1 heterocycles. The van der Waals surface area contributed by atoms with Crippen molar-refractivity contribution >= 4 is 5.97 Å². The molecule has 0 aromatic carbocycles. The summed E-state index contributed by atoms with van der Waals surface area (Å²) >= 11 is 0. The topological polar surface area (TPSA) is 40.5 Å². The maximum atomic E-state index is 10.6. The Balaban J connectivity index is 2.51. The Hall–Kier alpha value is -0.570. The fourth-order valence-corrected chi connectivity index (χ4v) is 2.01. The lowest BCUT2D eigenvalue weighted by Crippen LogP contribution is -2.31. The van der Waals surface area contributed by atoms with Gasteiger partial charge in [0, 0.05) is 12.6 Å². The number of hydrogen-bond acceptors (Lipinski definition) is 2. The van der Waals surface area contributed by atoms with E-state index in [4.69, 9.17) is 5.11 Å². The molecule has 0 aromatic heterocycles. The average molecular weight is 185 g/mol. The van der Waals surface area contributed by atoms with E-state index in [1.807, 2.05) is 0 Å². The number of rotatable bonds is 3. The fourth-order valence-electron chi connectivity index (χ4n) is 2.01. The van der Waals surface area contributed by atoms with Crippen LogP contribution >= 0.6 is 0 Å². The van der Waals surface area contributed by atoms with Crippen LogP contribution in [0.4, 0.5) is 0 Å². The van der Waals surface area contributed by atoms with Crippen LogP contribution in [0, 0.1) is 5.41 Å². The molecule has 1 aliphatic rings. The van der Waals surface area contributed by atoms with Gasteiger partial charge in [-0.1, -0.05) is 6.92 Å². The lowest BCUT2D eigenvalue weighted by molar-refractivity contribution is -0.139. The second-order valence-electron chi connectivity index (χ2n) is 4.70. The molecule has 1 unspecified atom stereocenters. The third kappa shape index (κ3) is 2.69. The Kier molecular flexibility index (Phi) is 2.96. The predicted molar refractivity (Wildman–Crippen MR) is 51.7 cm³/mol. The van der Waals surface area contributed by atoms with Gasteiger partial charge in [-0.05, 0) is 32.2 Å². The van der Waals surface area contributed by atoms with Crippen molar-refractivity contribution in [2.24, 2.45) is 5.41 Å². The number of nitrogens with zero attached hydrogens (tertiary/aromatic N) is 1. The summed E-state index contributed by atoms with van der Waals surface area (Å²) in [5.74, 6) is -0.673. The smallest absolute Gasteiger partial charge is 0.303 e. The molecular weight excluding hydrogens is 166 g/mol. The van der Waals surface area contributed by atoms with E-state index in [0.29, 0.717) is 12.5 Å². The highest BCUT2D eigenvalue weighted by Crippen LogP contribution is 2.34. The molecule has 3 heteroatoms. The fraction of sp³-hybridized carbons (Fsp3) is 0.900. The van der Waals surface area contributed by atoms with E-state index in [1.54, 1.807) is 0 Å². The van der Waals surface area contributed by atoms with Crippen LogP contribution in [0.25, 0.3) is 0 Å². The summed E-state index contributed by atoms with van der Waals surface area (Å²) < 4.78 is 0. The number of likely N-dealkylation sites (tertiary alicyclic amines) is 1. The van der Waals surface area contributed by atoms with Crippen molar-refractivity contribution in [3.8, 4) is 0 Å². The first-order chi connectivity index (χ1) is 5.93. The molecule has 1 N–H and O–H groups in total. The minimum Gasteiger partial charge on any atom is -0.481 e. The largest absolute Gasteiger partial charge is 0.481 e. The number of aliphatic carboxylic acids is 1. The maximum Gasteiger partial charge on any atom is 0.303 e. The van der Waals surface area contributed by atoms with Crippen LogP contribution in [0.15, 0.2) is 0 Å². The molecule has 1 atom stereocenters. The summed E-state index contributed by atoms with van der Waals surface area (Å²) in [5.41, 5.74) is -0.00387. The van der Waals surface area contributed by atoms with Gasteiger partial charge in [-0.3, -0.25) is 4.79 Å².